The molecule has 1 aliphatic rings. The van der Waals surface area contributed by atoms with Gasteiger partial charge in [-0.25, -0.2) is 4.98 Å². The fraction of sp³-hybridized carbons (Fsp3) is 0.190. The van der Waals surface area contributed by atoms with Crippen LogP contribution in [0.3, 0.4) is 0 Å². The van der Waals surface area contributed by atoms with Crippen molar-refractivity contribution in [1.82, 2.24) is 4.98 Å². The number of anilines is 1. The molecule has 0 bridgehead atoms. The number of ether oxygens (including phenoxy) is 1. The van der Waals surface area contributed by atoms with E-state index >= 15 is 0 Å². The standard InChI is InChI=1S/C21H18N4O/c1-4-26-15-7-5-14(6-8-15)9-16-12(2)17(10-22)20-19(16)13(3)18(11-23)21(24)25-20/h5-9H,4H2,1-3H3,(H2,24,25)/b16-9-. The lowest BCUT2D eigenvalue weighted by Gasteiger charge is -2.11. The molecule has 0 aliphatic heterocycles. The number of hydrogen-bond donors (Lipinski definition) is 1. The zero-order valence-electron chi connectivity index (χ0n) is 14.9. The molecule has 0 amide bonds. The third-order valence-corrected chi connectivity index (χ3v) is 4.49. The highest BCUT2D eigenvalue weighted by molar-refractivity contribution is 6.08. The number of rotatable bonds is 3. The van der Waals surface area contributed by atoms with Crippen LogP contribution in [0.1, 0.15) is 41.8 Å². The first kappa shape index (κ1) is 17.3. The van der Waals surface area contributed by atoms with Gasteiger partial charge in [0.25, 0.3) is 0 Å². The molecule has 1 aromatic carbocycles. The first-order valence-corrected chi connectivity index (χ1v) is 8.28. The zero-order valence-corrected chi connectivity index (χ0v) is 14.9. The Morgan fingerprint density at radius 2 is 1.85 bits per heavy atom. The van der Waals surface area contributed by atoms with E-state index in [-0.39, 0.29) is 5.82 Å². The number of nitrogen functional groups attached to an aromatic ring is 1. The number of nitrogens with zero attached hydrogens (tertiary/aromatic N) is 3. The summed E-state index contributed by atoms with van der Waals surface area (Å²) in [6.07, 6.45) is 2.00. The Bertz CT molecular complexity index is 1030. The van der Waals surface area contributed by atoms with Crippen molar-refractivity contribution in [2.24, 2.45) is 0 Å². The molecular weight excluding hydrogens is 324 g/mol. The van der Waals surface area contributed by atoms with Gasteiger partial charge in [-0.3, -0.25) is 0 Å². The molecular formula is C21H18N4O. The van der Waals surface area contributed by atoms with Gasteiger partial charge >= 0.3 is 0 Å². The van der Waals surface area contributed by atoms with Crippen LogP contribution in [-0.2, 0) is 0 Å². The number of nitrogens with two attached hydrogens (primary N) is 1. The zero-order chi connectivity index (χ0) is 18.8. The Balaban J connectivity index is 2.19. The third kappa shape index (κ3) is 2.70. The van der Waals surface area contributed by atoms with Gasteiger partial charge in [-0.1, -0.05) is 12.1 Å². The van der Waals surface area contributed by atoms with Crippen molar-refractivity contribution in [2.45, 2.75) is 20.8 Å². The summed E-state index contributed by atoms with van der Waals surface area (Å²) in [6, 6.07) is 12.1. The van der Waals surface area contributed by atoms with Gasteiger partial charge in [0, 0.05) is 5.56 Å². The molecule has 5 heteroatoms. The van der Waals surface area contributed by atoms with Crippen LogP contribution in [0.25, 0.3) is 17.2 Å². The Kier molecular flexibility index (Phi) is 4.47. The van der Waals surface area contributed by atoms with Crippen molar-refractivity contribution in [1.29, 1.82) is 10.5 Å². The maximum absolute atomic E-state index is 9.57. The van der Waals surface area contributed by atoms with Crippen LogP contribution >= 0.6 is 0 Å². The smallest absolute Gasteiger partial charge is 0.142 e. The van der Waals surface area contributed by atoms with Gasteiger partial charge in [-0.15, -0.1) is 0 Å². The van der Waals surface area contributed by atoms with Gasteiger partial charge in [0.1, 0.15) is 23.7 Å². The average Bonchev–Trinajstić information content (AvgIpc) is 2.88. The summed E-state index contributed by atoms with van der Waals surface area (Å²) in [4.78, 5) is 4.33. The van der Waals surface area contributed by atoms with Gasteiger partial charge in [0.15, 0.2) is 0 Å². The van der Waals surface area contributed by atoms with E-state index in [1.165, 1.54) is 0 Å². The second-order valence-corrected chi connectivity index (χ2v) is 6.00. The number of benzene rings is 1. The Morgan fingerprint density at radius 3 is 2.42 bits per heavy atom. The van der Waals surface area contributed by atoms with E-state index in [9.17, 15) is 10.5 Å². The van der Waals surface area contributed by atoms with Crippen LogP contribution in [-0.4, -0.2) is 11.6 Å². The van der Waals surface area contributed by atoms with Crippen molar-refractivity contribution in [3.05, 3.63) is 57.8 Å². The van der Waals surface area contributed by atoms with Crippen molar-refractivity contribution in [3.63, 3.8) is 0 Å². The molecule has 26 heavy (non-hydrogen) atoms. The fourth-order valence-electron chi connectivity index (χ4n) is 3.19. The van der Waals surface area contributed by atoms with Crippen molar-refractivity contribution in [3.8, 4) is 17.9 Å². The molecule has 2 N–H and O–H groups in total. The van der Waals surface area contributed by atoms with E-state index < -0.39 is 0 Å². The molecule has 0 fully saturated rings. The lowest BCUT2D eigenvalue weighted by atomic mass is 9.95. The lowest BCUT2D eigenvalue weighted by Crippen LogP contribution is -2.03. The van der Waals surface area contributed by atoms with E-state index in [1.807, 2.05) is 51.1 Å². The Labute approximate surface area is 152 Å². The summed E-state index contributed by atoms with van der Waals surface area (Å²) in [5, 5.41) is 19.0. The summed E-state index contributed by atoms with van der Waals surface area (Å²) in [6.45, 7) is 6.29. The molecule has 5 nitrogen and oxygen atoms in total. The summed E-state index contributed by atoms with van der Waals surface area (Å²) >= 11 is 0. The van der Waals surface area contributed by atoms with Crippen LogP contribution in [0.4, 0.5) is 5.82 Å². The molecule has 0 atom stereocenters. The van der Waals surface area contributed by atoms with E-state index in [2.05, 4.69) is 17.1 Å². The van der Waals surface area contributed by atoms with Gasteiger partial charge in [0.2, 0.25) is 0 Å². The van der Waals surface area contributed by atoms with Crippen LogP contribution in [0, 0.1) is 29.6 Å². The monoisotopic (exact) mass is 342 g/mol. The number of hydrogen-bond acceptors (Lipinski definition) is 5. The van der Waals surface area contributed by atoms with Gasteiger partial charge in [0.05, 0.1) is 23.4 Å². The van der Waals surface area contributed by atoms with Crippen LogP contribution in [0.2, 0.25) is 0 Å². The molecule has 128 valence electrons. The summed E-state index contributed by atoms with van der Waals surface area (Å²) < 4.78 is 5.47. The Morgan fingerprint density at radius 1 is 1.15 bits per heavy atom. The van der Waals surface area contributed by atoms with Crippen molar-refractivity contribution in [2.75, 3.05) is 12.3 Å². The number of fused-ring (bicyclic) bond motifs is 1. The van der Waals surface area contributed by atoms with Gasteiger partial charge < -0.3 is 10.5 Å². The summed E-state index contributed by atoms with van der Waals surface area (Å²) in [7, 11) is 0. The predicted molar refractivity (Wildman–Crippen MR) is 102 cm³/mol. The largest absolute Gasteiger partial charge is 0.494 e. The van der Waals surface area contributed by atoms with Crippen molar-refractivity contribution < 1.29 is 4.74 Å². The van der Waals surface area contributed by atoms with Crippen LogP contribution in [0.15, 0.2) is 29.8 Å². The van der Waals surface area contributed by atoms with E-state index in [4.69, 9.17) is 10.5 Å². The SMILES string of the molecule is CCOc1ccc(/C=C2/C(C)=C(C#N)c3nc(N)c(C#N)c(C)c32)cc1. The number of allylic oxidation sites excluding steroid dienone is 3. The molecule has 0 saturated carbocycles. The average molecular weight is 342 g/mol. The number of aromatic nitrogens is 1. The quantitative estimate of drug-likeness (QED) is 0.906. The summed E-state index contributed by atoms with van der Waals surface area (Å²) in [5.74, 6) is 0.968. The maximum Gasteiger partial charge on any atom is 0.142 e. The molecule has 1 aliphatic carbocycles. The minimum Gasteiger partial charge on any atom is -0.494 e. The van der Waals surface area contributed by atoms with E-state index in [1.54, 1.807) is 0 Å². The van der Waals surface area contributed by atoms with E-state index in [0.717, 1.165) is 33.6 Å². The fourth-order valence-corrected chi connectivity index (χ4v) is 3.19. The molecule has 1 aromatic heterocycles. The summed E-state index contributed by atoms with van der Waals surface area (Å²) in [5.41, 5.74) is 11.6. The second kappa shape index (κ2) is 6.74. The number of pyridine rings is 1. The topological polar surface area (TPSA) is 95.7 Å². The molecule has 0 spiro atoms. The molecule has 3 rings (SSSR count). The molecule has 0 unspecified atom stereocenters. The normalized spacial score (nSPS) is 14.1. The minimum absolute atomic E-state index is 0.159. The molecule has 0 radical (unpaired) electrons. The Hall–Kier alpha value is -3.57. The molecule has 0 saturated heterocycles. The third-order valence-electron chi connectivity index (χ3n) is 4.49. The second-order valence-electron chi connectivity index (χ2n) is 6.00. The molecule has 2 aromatic rings. The van der Waals surface area contributed by atoms with Gasteiger partial charge in [-0.05, 0) is 61.3 Å². The first-order chi connectivity index (χ1) is 12.5. The highest BCUT2D eigenvalue weighted by Gasteiger charge is 2.29. The highest BCUT2D eigenvalue weighted by atomic mass is 16.5. The highest BCUT2D eigenvalue weighted by Crippen LogP contribution is 2.44. The predicted octanol–water partition coefficient (Wildman–Crippen LogP) is 4.09. The van der Waals surface area contributed by atoms with Gasteiger partial charge in [-0.2, -0.15) is 10.5 Å². The first-order valence-electron chi connectivity index (χ1n) is 8.28. The van der Waals surface area contributed by atoms with Crippen LogP contribution < -0.4 is 10.5 Å². The van der Waals surface area contributed by atoms with E-state index in [0.29, 0.717) is 23.4 Å². The van der Waals surface area contributed by atoms with Crippen LogP contribution in [0.5, 0.6) is 5.75 Å². The van der Waals surface area contributed by atoms with Crippen molar-refractivity contribution >= 4 is 23.0 Å². The molecule has 1 heterocycles. The number of nitriles is 2. The maximum atomic E-state index is 9.57. The lowest BCUT2D eigenvalue weighted by molar-refractivity contribution is 0.340. The minimum atomic E-state index is 0.159.